The van der Waals surface area contributed by atoms with Crippen molar-refractivity contribution in [2.75, 3.05) is 6.54 Å². The van der Waals surface area contributed by atoms with Crippen LogP contribution in [0, 0.1) is 18.7 Å². The molecule has 0 heterocycles. The molecule has 2 N–H and O–H groups in total. The maximum Gasteiger partial charge on any atom is 0.243 e. The van der Waals surface area contributed by atoms with Crippen LogP contribution in [0.1, 0.15) is 31.2 Å². The molecule has 1 aromatic rings. The fraction of sp³-hybridized carbons (Fsp3) is 0.571. The van der Waals surface area contributed by atoms with Crippen LogP contribution < -0.4 is 4.72 Å². The Labute approximate surface area is 119 Å². The van der Waals surface area contributed by atoms with Crippen molar-refractivity contribution in [1.29, 1.82) is 0 Å². The summed E-state index contributed by atoms with van der Waals surface area (Å²) < 4.78 is 40.0. The highest BCUT2D eigenvalue weighted by molar-refractivity contribution is 7.89. The van der Waals surface area contributed by atoms with Gasteiger partial charge in [-0.1, -0.05) is 18.9 Å². The number of benzene rings is 1. The number of hydrogen-bond acceptors (Lipinski definition) is 3. The van der Waals surface area contributed by atoms with E-state index in [1.807, 2.05) is 0 Å². The second kappa shape index (κ2) is 6.20. The Morgan fingerprint density at radius 1 is 1.40 bits per heavy atom. The summed E-state index contributed by atoms with van der Waals surface area (Å²) in [6, 6.07) is 3.97. The highest BCUT2D eigenvalue weighted by Gasteiger charge is 2.26. The first-order chi connectivity index (χ1) is 9.40. The van der Waals surface area contributed by atoms with E-state index in [0.29, 0.717) is 5.56 Å². The molecule has 0 aromatic heterocycles. The number of aliphatic hydroxyl groups excluding tert-OH is 1. The SMILES string of the molecule is Cc1ccc(S(=O)(=O)NCC(O)C2CCCC2)c(F)c1. The minimum atomic E-state index is -3.92. The maximum absolute atomic E-state index is 13.7. The quantitative estimate of drug-likeness (QED) is 0.874. The Hall–Kier alpha value is -0.980. The number of aliphatic hydroxyl groups is 1. The molecular formula is C14H20FNO3S. The van der Waals surface area contributed by atoms with E-state index in [1.165, 1.54) is 12.1 Å². The zero-order chi connectivity index (χ0) is 14.8. The van der Waals surface area contributed by atoms with Gasteiger partial charge in [-0.05, 0) is 43.4 Å². The zero-order valence-corrected chi connectivity index (χ0v) is 12.3. The van der Waals surface area contributed by atoms with Crippen molar-refractivity contribution < 1.29 is 17.9 Å². The van der Waals surface area contributed by atoms with Gasteiger partial charge in [0.15, 0.2) is 0 Å². The highest BCUT2D eigenvalue weighted by atomic mass is 32.2. The summed E-state index contributed by atoms with van der Waals surface area (Å²) in [4.78, 5) is -0.373. The van der Waals surface area contributed by atoms with Crippen LogP contribution in [0.4, 0.5) is 4.39 Å². The molecule has 1 saturated carbocycles. The molecular weight excluding hydrogens is 281 g/mol. The van der Waals surface area contributed by atoms with E-state index in [-0.39, 0.29) is 17.4 Å². The van der Waals surface area contributed by atoms with Crippen LogP contribution in [0.5, 0.6) is 0 Å². The minimum absolute atomic E-state index is 0.0691. The zero-order valence-electron chi connectivity index (χ0n) is 11.5. The van der Waals surface area contributed by atoms with E-state index >= 15 is 0 Å². The number of aryl methyl sites for hydroxylation is 1. The molecule has 20 heavy (non-hydrogen) atoms. The van der Waals surface area contributed by atoms with Gasteiger partial charge < -0.3 is 5.11 Å². The summed E-state index contributed by atoms with van der Waals surface area (Å²) in [5, 5.41) is 9.95. The molecule has 6 heteroatoms. The summed E-state index contributed by atoms with van der Waals surface area (Å²) in [6.07, 6.45) is 3.27. The molecule has 0 radical (unpaired) electrons. The van der Waals surface area contributed by atoms with Crippen molar-refractivity contribution in [3.8, 4) is 0 Å². The predicted molar refractivity (Wildman–Crippen MR) is 74.3 cm³/mol. The van der Waals surface area contributed by atoms with Crippen molar-refractivity contribution in [1.82, 2.24) is 4.72 Å². The van der Waals surface area contributed by atoms with Gasteiger partial charge in [0.05, 0.1) is 6.10 Å². The molecule has 112 valence electrons. The normalized spacial score (nSPS) is 18.4. The van der Waals surface area contributed by atoms with Crippen molar-refractivity contribution in [2.45, 2.75) is 43.6 Å². The number of rotatable bonds is 5. The van der Waals surface area contributed by atoms with E-state index in [9.17, 15) is 17.9 Å². The molecule has 0 bridgehead atoms. The molecule has 1 fully saturated rings. The van der Waals surface area contributed by atoms with Crippen molar-refractivity contribution >= 4 is 10.0 Å². The second-order valence-electron chi connectivity index (χ2n) is 5.40. The topological polar surface area (TPSA) is 66.4 Å². The van der Waals surface area contributed by atoms with E-state index in [2.05, 4.69) is 4.72 Å². The Morgan fingerprint density at radius 3 is 2.65 bits per heavy atom. The summed E-state index contributed by atoms with van der Waals surface area (Å²) in [7, 11) is -3.92. The molecule has 0 amide bonds. The van der Waals surface area contributed by atoms with E-state index in [0.717, 1.165) is 25.7 Å². The lowest BCUT2D eigenvalue weighted by atomic mass is 10.0. The van der Waals surface area contributed by atoms with Gasteiger partial charge in [0, 0.05) is 6.54 Å². The average Bonchev–Trinajstić information content (AvgIpc) is 2.89. The van der Waals surface area contributed by atoms with Gasteiger partial charge in [0.25, 0.3) is 0 Å². The van der Waals surface area contributed by atoms with Crippen LogP contribution in [0.25, 0.3) is 0 Å². The lowest BCUT2D eigenvalue weighted by molar-refractivity contribution is 0.115. The predicted octanol–water partition coefficient (Wildman–Crippen LogP) is 1.96. The summed E-state index contributed by atoms with van der Waals surface area (Å²) >= 11 is 0. The smallest absolute Gasteiger partial charge is 0.243 e. The molecule has 1 unspecified atom stereocenters. The minimum Gasteiger partial charge on any atom is -0.391 e. The van der Waals surface area contributed by atoms with Gasteiger partial charge in [0.2, 0.25) is 10.0 Å². The number of hydrogen-bond donors (Lipinski definition) is 2. The van der Waals surface area contributed by atoms with Crippen molar-refractivity contribution in [3.63, 3.8) is 0 Å². The highest BCUT2D eigenvalue weighted by Crippen LogP contribution is 2.27. The second-order valence-corrected chi connectivity index (χ2v) is 7.13. The summed E-state index contributed by atoms with van der Waals surface area (Å²) in [5.41, 5.74) is 0.660. The molecule has 0 aliphatic heterocycles. The van der Waals surface area contributed by atoms with Crippen LogP contribution in [0.2, 0.25) is 0 Å². The third kappa shape index (κ3) is 3.56. The Bertz CT molecular complexity index is 568. The van der Waals surface area contributed by atoms with Crippen LogP contribution in [-0.4, -0.2) is 26.2 Å². The summed E-state index contributed by atoms with van der Waals surface area (Å²) in [5.74, 6) is -0.631. The van der Waals surface area contributed by atoms with Crippen LogP contribution in [0.15, 0.2) is 23.1 Å². The monoisotopic (exact) mass is 301 g/mol. The first-order valence-corrected chi connectivity index (χ1v) is 8.32. The van der Waals surface area contributed by atoms with Crippen molar-refractivity contribution in [3.05, 3.63) is 29.6 Å². The van der Waals surface area contributed by atoms with Gasteiger partial charge in [0.1, 0.15) is 10.7 Å². The molecule has 1 aliphatic carbocycles. The van der Waals surface area contributed by atoms with Gasteiger partial charge in [-0.2, -0.15) is 0 Å². The standard InChI is InChI=1S/C14H20FNO3S/c1-10-6-7-14(12(15)8-10)20(18,19)16-9-13(17)11-4-2-3-5-11/h6-8,11,13,16-17H,2-5,9H2,1H3. The van der Waals surface area contributed by atoms with Gasteiger partial charge in [-0.25, -0.2) is 17.5 Å². The lowest BCUT2D eigenvalue weighted by Gasteiger charge is -2.18. The number of nitrogens with one attached hydrogen (secondary N) is 1. The lowest BCUT2D eigenvalue weighted by Crippen LogP contribution is -2.35. The largest absolute Gasteiger partial charge is 0.391 e. The third-order valence-corrected chi connectivity index (χ3v) is 5.26. The van der Waals surface area contributed by atoms with Gasteiger partial charge in [-0.3, -0.25) is 0 Å². The molecule has 0 spiro atoms. The molecule has 2 rings (SSSR count). The Kier molecular flexibility index (Phi) is 4.78. The van der Waals surface area contributed by atoms with Crippen LogP contribution >= 0.6 is 0 Å². The van der Waals surface area contributed by atoms with E-state index in [4.69, 9.17) is 0 Å². The fourth-order valence-corrected chi connectivity index (χ4v) is 3.71. The van der Waals surface area contributed by atoms with Gasteiger partial charge >= 0.3 is 0 Å². The molecule has 1 aromatic carbocycles. The van der Waals surface area contributed by atoms with Crippen LogP contribution in [0.3, 0.4) is 0 Å². The Morgan fingerprint density at radius 2 is 2.05 bits per heavy atom. The van der Waals surface area contributed by atoms with E-state index < -0.39 is 21.9 Å². The third-order valence-electron chi connectivity index (χ3n) is 3.80. The molecule has 1 atom stereocenters. The first-order valence-electron chi connectivity index (χ1n) is 6.84. The van der Waals surface area contributed by atoms with Crippen molar-refractivity contribution in [2.24, 2.45) is 5.92 Å². The number of sulfonamides is 1. The number of halogens is 1. The van der Waals surface area contributed by atoms with Crippen LogP contribution in [-0.2, 0) is 10.0 Å². The molecule has 0 saturated heterocycles. The van der Waals surface area contributed by atoms with Gasteiger partial charge in [-0.15, -0.1) is 0 Å². The molecule has 4 nitrogen and oxygen atoms in total. The summed E-state index contributed by atoms with van der Waals surface area (Å²) in [6.45, 7) is 1.62. The molecule has 1 aliphatic rings. The first kappa shape index (κ1) is 15.4. The Balaban J connectivity index is 2.03. The van der Waals surface area contributed by atoms with E-state index in [1.54, 1.807) is 13.0 Å². The fourth-order valence-electron chi connectivity index (χ4n) is 2.61. The average molecular weight is 301 g/mol. The maximum atomic E-state index is 13.7.